The Morgan fingerprint density at radius 3 is 2.60 bits per heavy atom. The normalized spacial score (nSPS) is 37.1. The van der Waals surface area contributed by atoms with Crippen molar-refractivity contribution >= 4 is 17.7 Å². The molecule has 108 valence electrons. The summed E-state index contributed by atoms with van der Waals surface area (Å²) in [6.45, 7) is -0.133. The molecule has 3 fully saturated rings. The summed E-state index contributed by atoms with van der Waals surface area (Å²) in [5.74, 6) is 2.77. The summed E-state index contributed by atoms with van der Waals surface area (Å²) in [7, 11) is 0. The SMILES string of the molecule is O=C(O)CSc1nnc(CO)n1C1C2C3CCC(C3)C21. The van der Waals surface area contributed by atoms with E-state index < -0.39 is 5.97 Å². The van der Waals surface area contributed by atoms with Gasteiger partial charge in [0.15, 0.2) is 11.0 Å². The third-order valence-corrected chi connectivity index (χ3v) is 6.12. The highest BCUT2D eigenvalue weighted by molar-refractivity contribution is 7.99. The van der Waals surface area contributed by atoms with Gasteiger partial charge in [-0.25, -0.2) is 0 Å². The van der Waals surface area contributed by atoms with Gasteiger partial charge < -0.3 is 14.8 Å². The van der Waals surface area contributed by atoms with Crippen LogP contribution in [0.1, 0.15) is 31.1 Å². The Morgan fingerprint density at radius 2 is 2.00 bits per heavy atom. The summed E-state index contributed by atoms with van der Waals surface area (Å²) in [6, 6.07) is 0.398. The van der Waals surface area contributed by atoms with Crippen LogP contribution in [0.3, 0.4) is 0 Å². The minimum Gasteiger partial charge on any atom is -0.481 e. The molecule has 2 N–H and O–H groups in total. The number of carboxylic acid groups (broad SMARTS) is 1. The van der Waals surface area contributed by atoms with Gasteiger partial charge in [-0.15, -0.1) is 10.2 Å². The van der Waals surface area contributed by atoms with Gasteiger partial charge in [-0.1, -0.05) is 11.8 Å². The maximum Gasteiger partial charge on any atom is 0.313 e. The summed E-state index contributed by atoms with van der Waals surface area (Å²) in [6.07, 6.45) is 4.02. The third-order valence-electron chi connectivity index (χ3n) is 5.19. The zero-order valence-corrected chi connectivity index (χ0v) is 11.8. The smallest absolute Gasteiger partial charge is 0.313 e. The van der Waals surface area contributed by atoms with Gasteiger partial charge >= 0.3 is 5.97 Å². The molecule has 6 nitrogen and oxygen atoms in total. The summed E-state index contributed by atoms with van der Waals surface area (Å²) >= 11 is 1.20. The van der Waals surface area contributed by atoms with Gasteiger partial charge in [0.2, 0.25) is 0 Å². The van der Waals surface area contributed by atoms with Crippen LogP contribution in [0.25, 0.3) is 0 Å². The lowest BCUT2D eigenvalue weighted by atomic mass is 10.0. The lowest BCUT2D eigenvalue weighted by molar-refractivity contribution is -0.133. The van der Waals surface area contributed by atoms with Crippen LogP contribution in [0, 0.1) is 23.7 Å². The molecule has 1 aromatic heterocycles. The molecule has 0 saturated heterocycles. The quantitative estimate of drug-likeness (QED) is 0.793. The average molecular weight is 295 g/mol. The minimum atomic E-state index is -0.855. The number of aliphatic hydroxyl groups excluding tert-OH is 1. The van der Waals surface area contributed by atoms with E-state index in [0.29, 0.717) is 28.9 Å². The van der Waals surface area contributed by atoms with Gasteiger partial charge in [-0.2, -0.15) is 0 Å². The van der Waals surface area contributed by atoms with Crippen molar-refractivity contribution in [2.24, 2.45) is 23.7 Å². The molecule has 0 amide bonds. The number of aliphatic hydroxyl groups is 1. The number of hydrogen-bond donors (Lipinski definition) is 2. The van der Waals surface area contributed by atoms with Crippen LogP contribution in [0.4, 0.5) is 0 Å². The summed E-state index contributed by atoms with van der Waals surface area (Å²) in [5, 5.41) is 27.0. The molecule has 0 radical (unpaired) electrons. The van der Waals surface area contributed by atoms with Crippen molar-refractivity contribution in [2.75, 3.05) is 5.75 Å². The Balaban J connectivity index is 1.61. The molecule has 0 aromatic carbocycles. The van der Waals surface area contributed by atoms with Gasteiger partial charge in [0, 0.05) is 6.04 Å². The van der Waals surface area contributed by atoms with Gasteiger partial charge in [-0.3, -0.25) is 4.79 Å². The molecule has 20 heavy (non-hydrogen) atoms. The standard InChI is InChI=1S/C13H17N3O3S/c17-4-8-14-15-13(20-5-9(18)19)16(8)12-10-6-1-2-7(3-6)11(10)12/h6-7,10-12,17H,1-5H2,(H,18,19). The highest BCUT2D eigenvalue weighted by atomic mass is 32.2. The Labute approximate surface area is 120 Å². The second-order valence-corrected chi connectivity index (χ2v) is 7.03. The van der Waals surface area contributed by atoms with Crippen molar-refractivity contribution in [3.8, 4) is 0 Å². The number of aliphatic carboxylic acids is 1. The van der Waals surface area contributed by atoms with Gasteiger partial charge in [0.05, 0.1) is 5.75 Å². The largest absolute Gasteiger partial charge is 0.481 e. The maximum atomic E-state index is 10.7. The van der Waals surface area contributed by atoms with Crippen molar-refractivity contribution in [1.82, 2.24) is 14.8 Å². The second kappa shape index (κ2) is 4.46. The van der Waals surface area contributed by atoms with Crippen LogP contribution >= 0.6 is 11.8 Å². The van der Waals surface area contributed by atoms with Gasteiger partial charge in [0.25, 0.3) is 0 Å². The Bertz CT molecular complexity index is 545. The Hall–Kier alpha value is -1.08. The molecule has 0 spiro atoms. The van der Waals surface area contributed by atoms with E-state index in [9.17, 15) is 9.90 Å². The molecule has 1 heterocycles. The maximum absolute atomic E-state index is 10.7. The van der Waals surface area contributed by atoms with Gasteiger partial charge in [-0.05, 0) is 42.9 Å². The van der Waals surface area contributed by atoms with E-state index in [-0.39, 0.29) is 12.4 Å². The number of hydrogen-bond acceptors (Lipinski definition) is 5. The molecule has 4 unspecified atom stereocenters. The van der Waals surface area contributed by atoms with Crippen LogP contribution in [-0.4, -0.2) is 36.7 Å². The first-order valence-corrected chi connectivity index (χ1v) is 8.08. The molecular weight excluding hydrogens is 278 g/mol. The zero-order valence-electron chi connectivity index (χ0n) is 11.0. The number of aromatic nitrogens is 3. The van der Waals surface area contributed by atoms with E-state index in [1.807, 2.05) is 4.57 Å². The Kier molecular flexibility index (Phi) is 2.82. The monoisotopic (exact) mass is 295 g/mol. The van der Waals surface area contributed by atoms with E-state index in [2.05, 4.69) is 10.2 Å². The molecule has 0 aliphatic heterocycles. The zero-order chi connectivity index (χ0) is 13.9. The molecule has 7 heteroatoms. The fourth-order valence-electron chi connectivity index (χ4n) is 4.56. The number of rotatable bonds is 5. The molecule has 1 aromatic rings. The lowest BCUT2D eigenvalue weighted by Crippen LogP contribution is -2.10. The molecule has 3 aliphatic rings. The number of carbonyl (C=O) groups is 1. The van der Waals surface area contributed by atoms with Crippen LogP contribution < -0.4 is 0 Å². The van der Waals surface area contributed by atoms with Crippen molar-refractivity contribution in [3.63, 3.8) is 0 Å². The molecule has 3 aliphatic carbocycles. The highest BCUT2D eigenvalue weighted by Crippen LogP contribution is 2.71. The first-order valence-electron chi connectivity index (χ1n) is 7.10. The predicted octanol–water partition coefficient (Wildman–Crippen LogP) is 1.16. The second-order valence-electron chi connectivity index (χ2n) is 6.09. The summed E-state index contributed by atoms with van der Waals surface area (Å²) < 4.78 is 2.02. The third kappa shape index (κ3) is 1.72. The van der Waals surface area contributed by atoms with Crippen LogP contribution in [0.2, 0.25) is 0 Å². The number of carboxylic acids is 1. The Morgan fingerprint density at radius 1 is 1.30 bits per heavy atom. The molecular formula is C13H17N3O3S. The van der Waals surface area contributed by atoms with Crippen molar-refractivity contribution < 1.29 is 15.0 Å². The van der Waals surface area contributed by atoms with Crippen molar-refractivity contribution in [3.05, 3.63) is 5.82 Å². The summed E-state index contributed by atoms with van der Waals surface area (Å²) in [4.78, 5) is 10.7. The van der Waals surface area contributed by atoms with Crippen LogP contribution in [-0.2, 0) is 11.4 Å². The van der Waals surface area contributed by atoms with E-state index in [4.69, 9.17) is 5.11 Å². The topological polar surface area (TPSA) is 88.2 Å². The minimum absolute atomic E-state index is 0.0154. The lowest BCUT2D eigenvalue weighted by Gasteiger charge is -2.13. The van der Waals surface area contributed by atoms with Crippen LogP contribution in [0.15, 0.2) is 5.16 Å². The average Bonchev–Trinajstić information content (AvgIpc) is 2.83. The van der Waals surface area contributed by atoms with E-state index in [1.165, 1.54) is 31.0 Å². The first-order chi connectivity index (χ1) is 9.70. The fourth-order valence-corrected chi connectivity index (χ4v) is 5.28. The molecule has 2 bridgehead atoms. The number of nitrogens with zero attached hydrogens (tertiary/aromatic N) is 3. The molecule has 4 atom stereocenters. The number of fused-ring (bicyclic) bond motifs is 5. The van der Waals surface area contributed by atoms with Crippen molar-refractivity contribution in [2.45, 2.75) is 37.1 Å². The molecule has 3 saturated carbocycles. The number of thioether (sulfide) groups is 1. The summed E-state index contributed by atoms with van der Waals surface area (Å²) in [5.41, 5.74) is 0. The predicted molar refractivity (Wildman–Crippen MR) is 71.2 cm³/mol. The van der Waals surface area contributed by atoms with Crippen LogP contribution in [0.5, 0.6) is 0 Å². The van der Waals surface area contributed by atoms with Gasteiger partial charge in [0.1, 0.15) is 6.61 Å². The van der Waals surface area contributed by atoms with E-state index in [1.54, 1.807) is 0 Å². The highest BCUT2D eigenvalue weighted by Gasteiger charge is 2.66. The molecule has 4 rings (SSSR count). The van der Waals surface area contributed by atoms with E-state index in [0.717, 1.165) is 11.8 Å². The van der Waals surface area contributed by atoms with Crippen molar-refractivity contribution in [1.29, 1.82) is 0 Å². The fraction of sp³-hybridized carbons (Fsp3) is 0.769. The van der Waals surface area contributed by atoms with E-state index >= 15 is 0 Å². The first kappa shape index (κ1) is 12.6.